The van der Waals surface area contributed by atoms with Crippen molar-refractivity contribution in [2.75, 3.05) is 0 Å². The molecule has 0 amide bonds. The number of aryl methyl sites for hydroxylation is 1. The van der Waals surface area contributed by atoms with Crippen molar-refractivity contribution in [1.29, 1.82) is 0 Å². The minimum Gasteiger partial charge on any atom is -0.448 e. The van der Waals surface area contributed by atoms with Crippen LogP contribution < -0.4 is 10.9 Å². The Morgan fingerprint density at radius 1 is 0.385 bits per heavy atom. The third kappa shape index (κ3) is 50.8. The fourth-order valence-electron chi connectivity index (χ4n) is 8.04. The van der Waals surface area contributed by atoms with E-state index in [0.717, 1.165) is 33.0 Å². The topological polar surface area (TPSA) is 207 Å². The summed E-state index contributed by atoms with van der Waals surface area (Å²) < 4.78 is 35.9. The van der Waals surface area contributed by atoms with Gasteiger partial charge in [-0.3, -0.25) is 19.7 Å². The molecule has 2 N–H and O–H groups in total. The number of hydrogen-bond donors (Lipinski definition) is 2. The second-order valence-corrected chi connectivity index (χ2v) is 22.7. The minimum atomic E-state index is -1.34. The van der Waals surface area contributed by atoms with Crippen molar-refractivity contribution in [3.63, 3.8) is 0 Å². The molecule has 6 aromatic carbocycles. The second-order valence-electron chi connectivity index (χ2n) is 22.7. The maximum atomic E-state index is 12.2. The van der Waals surface area contributed by atoms with Gasteiger partial charge in [-0.15, -0.1) is 48.9 Å². The molecular formula is C70H90B4N6O10W16Y3-4. The van der Waals surface area contributed by atoms with Gasteiger partial charge >= 0.3 is 28.3 Å². The smallest absolute Gasteiger partial charge is 0.448 e. The molecule has 3 aliphatic rings. The molecule has 6 heterocycles. The van der Waals surface area contributed by atoms with Gasteiger partial charge in [0.15, 0.2) is 5.78 Å². The molecule has 0 saturated carbocycles. The van der Waals surface area contributed by atoms with Gasteiger partial charge in [-0.2, -0.15) is 17.7 Å². The van der Waals surface area contributed by atoms with Gasteiger partial charge in [0.05, 0.1) is 39.9 Å². The van der Waals surface area contributed by atoms with Gasteiger partial charge in [0.25, 0.3) is 0 Å². The van der Waals surface area contributed by atoms with Crippen LogP contribution in [-0.4, -0.2) is 114 Å². The molecule has 581 valence electrons. The fourth-order valence-corrected chi connectivity index (χ4v) is 8.04. The Labute approximate surface area is 957 Å². The largest absolute Gasteiger partial charge is 0.493 e. The van der Waals surface area contributed by atoms with E-state index in [2.05, 4.69) is 48.5 Å². The van der Waals surface area contributed by atoms with Crippen LogP contribution in [0.3, 0.4) is 0 Å². The Hall–Kier alpha value is 6.94. The summed E-state index contributed by atoms with van der Waals surface area (Å²) in [6.07, 6.45) is 14.6. The van der Waals surface area contributed by atoms with Crippen molar-refractivity contribution in [1.82, 2.24) is 29.9 Å². The quantitative estimate of drug-likeness (QED) is 0.0901. The van der Waals surface area contributed by atoms with Gasteiger partial charge < -0.3 is 57.7 Å². The maximum absolute atomic E-state index is 12.2. The van der Waals surface area contributed by atoms with Crippen LogP contribution in [0.5, 0.6) is 0 Å². The molecule has 0 aliphatic carbocycles. The van der Waals surface area contributed by atoms with Crippen LogP contribution in [0.4, 0.5) is 0 Å². The van der Waals surface area contributed by atoms with Gasteiger partial charge in [-0.1, -0.05) is 174 Å². The molecular weight excluding hydrogens is 4340 g/mol. The Morgan fingerprint density at radius 2 is 0.679 bits per heavy atom. The second kappa shape index (κ2) is 79.6. The molecule has 3 aromatic heterocycles. The molecule has 39 heteroatoms. The molecule has 3 fully saturated rings. The molecule has 9 aromatic rings. The standard InChI is InChI=1S/C15H9N2O.C14H16BN2O2.C12H24B2O4.C9H7N2.C7H5O.C6H7BO2.3C2H6.CH4.16W.3Y/c18-15(11-4-2-1-3-5-11)12-6-7-13-14(10-12)17-9-8-16-13;1-13(2)14(3,4)19-15(18-13)10-5-6-11-12(9-10)17-8-7-16-11;1-9(2)10(3,4)16-13(15-9)14-17-11(5,6)12(7,8)18-14;1-7-2-3-8-9(6-7)11-5-4-10-8;8-6-7-4-2-1-3-5-7;8-7(9)6-4-2-1-3-5-6;3*1-2;;;;;;;;;;;;;;;;;;;;/h1-8,10H;5-7,9H,1-4H3;1-8H3;2-4,6H,1H3;1-5H;1-5,8-9H;3*1-2H3;1H4;;;;;;;;;;;;;;;;;;;/q2*-1;;2*-1;;;;;;;;;;;;;;;;;;;;;;;;. The minimum absolute atomic E-state index is 0. The summed E-state index contributed by atoms with van der Waals surface area (Å²) in [5.41, 5.74) is 7.39. The zero-order valence-corrected chi connectivity index (χ0v) is 119. The fraction of sp³-hybridized carbons (Fsp3) is 0.371. The van der Waals surface area contributed by atoms with Crippen molar-refractivity contribution in [2.45, 2.75) is 173 Å². The van der Waals surface area contributed by atoms with Crippen LogP contribution in [0.15, 0.2) is 164 Å². The molecule has 109 heavy (non-hydrogen) atoms. The third-order valence-electron chi connectivity index (χ3n) is 15.0. The summed E-state index contributed by atoms with van der Waals surface area (Å²) in [5, 5.41) is 17.2. The molecule has 3 radical (unpaired) electrons. The maximum Gasteiger partial charge on any atom is 0.493 e. The Bertz CT molecular complexity index is 3590. The molecule has 16 nitrogen and oxygen atoms in total. The van der Waals surface area contributed by atoms with Crippen LogP contribution in [0.25, 0.3) is 33.1 Å². The van der Waals surface area contributed by atoms with E-state index >= 15 is 0 Å². The molecule has 3 aliphatic heterocycles. The predicted molar refractivity (Wildman–Crippen MR) is 366 cm³/mol. The van der Waals surface area contributed by atoms with Crippen LogP contribution in [0.2, 0.25) is 0 Å². The predicted octanol–water partition coefficient (Wildman–Crippen LogP) is 12.6. The zero-order chi connectivity index (χ0) is 66.2. The first-order valence-corrected chi connectivity index (χ1v) is 30.1. The van der Waals surface area contributed by atoms with E-state index in [9.17, 15) is 9.59 Å². The first-order valence-electron chi connectivity index (χ1n) is 30.1. The Balaban J connectivity index is -0.0000000602. The number of benzene rings is 6. The van der Waals surface area contributed by atoms with E-state index in [1.54, 1.807) is 97.5 Å². The number of fused-ring (bicyclic) bond motifs is 3. The summed E-state index contributed by atoms with van der Waals surface area (Å²) in [7, 11) is -2.66. The summed E-state index contributed by atoms with van der Waals surface area (Å²) in [4.78, 5) is 46.9. The van der Waals surface area contributed by atoms with Crippen LogP contribution in [0.1, 0.15) is 159 Å². The summed E-state index contributed by atoms with van der Waals surface area (Å²) in [6.45, 7) is 38.4. The average molecular weight is 4430 g/mol. The van der Waals surface area contributed by atoms with Crippen molar-refractivity contribution in [3.8, 4) is 0 Å². The number of aromatic nitrogens is 6. The van der Waals surface area contributed by atoms with Gasteiger partial charge in [-0.05, 0) is 120 Å². The Kier molecular flexibility index (Phi) is 114. The summed E-state index contributed by atoms with van der Waals surface area (Å²) in [5.74, 6) is -0.0110. The summed E-state index contributed by atoms with van der Waals surface area (Å²) >= 11 is 0. The number of carbonyl (C=O) groups is 1. The van der Waals surface area contributed by atoms with Gasteiger partial charge in [0, 0.05) is 463 Å². The van der Waals surface area contributed by atoms with E-state index in [-0.39, 0.29) is 489 Å². The molecule has 12 rings (SSSR count). The third-order valence-corrected chi connectivity index (χ3v) is 15.0. The molecule has 0 unspecified atom stereocenters. The average Bonchev–Trinajstić information content (AvgIpc) is 1.61. The summed E-state index contributed by atoms with van der Waals surface area (Å²) in [6, 6.07) is 43.9. The van der Waals surface area contributed by atoms with Crippen molar-refractivity contribution >= 4 is 84.4 Å². The SMILES string of the molecule is C.CC.CC.CC.CC1(C)OB(B2OC(C)(C)C(C)(C)O2)OC1(C)C.CC1(C)OB(c2ccc3nc[c-]nc3c2)OC1(C)C.Cc1ccc2nc[c-]nc2c1.O=C(c1ccccc1)c1ccc2nc[c-]nc2c1.O=[C-]c1ccccc1.OB(O)c1ccccc1.[W].[W].[W].[W].[W].[W].[W].[W].[W].[W].[W].[W].[W].[W].[W].[W].[Y].[Y].[Y]. The number of nitrogens with zero attached hydrogens (tertiary/aromatic N) is 6. The zero-order valence-electron chi connectivity index (χ0n) is 63.5. The van der Waals surface area contributed by atoms with Gasteiger partial charge in [0.2, 0.25) is 0 Å². The van der Waals surface area contributed by atoms with Crippen molar-refractivity contribution in [3.05, 3.63) is 205 Å². The normalized spacial score (nSPS) is 13.2. The van der Waals surface area contributed by atoms with E-state index in [1.807, 2.05) is 198 Å². The van der Waals surface area contributed by atoms with E-state index in [1.165, 1.54) is 11.8 Å². The molecule has 3 saturated heterocycles. The van der Waals surface area contributed by atoms with E-state index in [0.29, 0.717) is 27.7 Å². The molecule has 0 atom stereocenters. The van der Waals surface area contributed by atoms with Crippen LogP contribution in [0, 0.1) is 25.5 Å². The monoisotopic (exact) mass is 4430 g/mol. The van der Waals surface area contributed by atoms with Crippen LogP contribution >= 0.6 is 0 Å². The number of hydrogen-bond acceptors (Lipinski definition) is 16. The number of rotatable bonds is 6. The van der Waals surface area contributed by atoms with Crippen LogP contribution in [-0.2, 0) is 468 Å². The molecule has 0 bridgehead atoms. The van der Waals surface area contributed by atoms with E-state index < -0.39 is 21.1 Å². The van der Waals surface area contributed by atoms with Crippen molar-refractivity contribution in [2.24, 2.45) is 0 Å². The van der Waals surface area contributed by atoms with Gasteiger partial charge in [0.1, 0.15) is 0 Å². The number of ketones is 1. The first-order chi connectivity index (χ1) is 42.2. The van der Waals surface area contributed by atoms with E-state index in [4.69, 9.17) is 38.0 Å². The van der Waals surface area contributed by atoms with Crippen molar-refractivity contribution < 1.29 is 483 Å². The number of carbonyl (C=O) groups excluding carboxylic acids is 2. The Morgan fingerprint density at radius 3 is 1.00 bits per heavy atom. The first kappa shape index (κ1) is 156. The van der Waals surface area contributed by atoms with Gasteiger partial charge in [-0.25, -0.2) is 0 Å². The molecule has 0 spiro atoms.